The topological polar surface area (TPSA) is 44.5 Å². The van der Waals surface area contributed by atoms with E-state index >= 15 is 0 Å². The van der Waals surface area contributed by atoms with Crippen LogP contribution in [0.4, 0.5) is 0 Å². The highest BCUT2D eigenvalue weighted by Gasteiger charge is 2.22. The third-order valence-corrected chi connectivity index (χ3v) is 2.73. The fourth-order valence-electron chi connectivity index (χ4n) is 1.41. The van der Waals surface area contributed by atoms with Gasteiger partial charge < -0.3 is 15.2 Å². The smallest absolute Gasteiger partial charge is 0.137 e. The molecule has 0 amide bonds. The molecule has 0 aliphatic heterocycles. The summed E-state index contributed by atoms with van der Waals surface area (Å²) in [7, 11) is 1.58. The molecule has 16 heavy (non-hydrogen) atoms. The number of methoxy groups -OCH3 is 1. The quantitative estimate of drug-likeness (QED) is 0.865. The van der Waals surface area contributed by atoms with Crippen molar-refractivity contribution in [3.63, 3.8) is 0 Å². The molecule has 1 unspecified atom stereocenters. The monoisotopic (exact) mass is 243 g/mol. The van der Waals surface area contributed by atoms with Crippen LogP contribution in [-0.4, -0.2) is 20.3 Å². The van der Waals surface area contributed by atoms with E-state index in [0.717, 1.165) is 5.56 Å². The first-order valence-corrected chi connectivity index (χ1v) is 5.59. The van der Waals surface area contributed by atoms with Gasteiger partial charge in [0, 0.05) is 6.61 Å². The van der Waals surface area contributed by atoms with Gasteiger partial charge in [-0.25, -0.2) is 0 Å². The second-order valence-electron chi connectivity index (χ2n) is 3.90. The van der Waals surface area contributed by atoms with Crippen molar-refractivity contribution in [2.45, 2.75) is 19.4 Å². The number of benzene rings is 1. The van der Waals surface area contributed by atoms with E-state index in [9.17, 15) is 0 Å². The van der Waals surface area contributed by atoms with Crippen LogP contribution in [0.5, 0.6) is 5.75 Å². The maximum absolute atomic E-state index is 6.17. The fourth-order valence-corrected chi connectivity index (χ4v) is 1.61. The molecule has 0 aliphatic rings. The van der Waals surface area contributed by atoms with Crippen molar-refractivity contribution < 1.29 is 9.47 Å². The molecule has 0 saturated carbocycles. The summed E-state index contributed by atoms with van der Waals surface area (Å²) in [6.45, 7) is 4.98. The molecule has 0 aliphatic carbocycles. The highest BCUT2D eigenvalue weighted by Crippen LogP contribution is 2.29. The number of hydrogen-bond acceptors (Lipinski definition) is 3. The van der Waals surface area contributed by atoms with Crippen LogP contribution in [0.3, 0.4) is 0 Å². The first-order chi connectivity index (χ1) is 7.51. The highest BCUT2D eigenvalue weighted by molar-refractivity contribution is 6.32. The Morgan fingerprint density at radius 3 is 2.69 bits per heavy atom. The Hall–Kier alpha value is -0.770. The minimum Gasteiger partial charge on any atom is -0.495 e. The van der Waals surface area contributed by atoms with Crippen molar-refractivity contribution in [2.24, 2.45) is 5.73 Å². The molecule has 0 radical (unpaired) electrons. The molecule has 1 aromatic carbocycles. The van der Waals surface area contributed by atoms with Gasteiger partial charge >= 0.3 is 0 Å². The van der Waals surface area contributed by atoms with Gasteiger partial charge in [-0.15, -0.1) is 0 Å². The number of nitrogens with two attached hydrogens (primary N) is 1. The molecule has 3 nitrogen and oxygen atoms in total. The number of rotatable bonds is 5. The lowest BCUT2D eigenvalue weighted by Crippen LogP contribution is -2.38. The van der Waals surface area contributed by atoms with E-state index in [4.69, 9.17) is 26.8 Å². The lowest BCUT2D eigenvalue weighted by atomic mass is 9.94. The van der Waals surface area contributed by atoms with E-state index in [1.165, 1.54) is 0 Å². The summed E-state index contributed by atoms with van der Waals surface area (Å²) in [5, 5.41) is 0.582. The molecule has 90 valence electrons. The maximum Gasteiger partial charge on any atom is 0.137 e. The second-order valence-corrected chi connectivity index (χ2v) is 4.31. The van der Waals surface area contributed by atoms with Crippen molar-refractivity contribution in [2.75, 3.05) is 20.3 Å². The van der Waals surface area contributed by atoms with Crippen molar-refractivity contribution in [1.82, 2.24) is 0 Å². The van der Waals surface area contributed by atoms with Gasteiger partial charge in [0.15, 0.2) is 0 Å². The molecule has 0 heterocycles. The van der Waals surface area contributed by atoms with Gasteiger partial charge in [-0.1, -0.05) is 17.7 Å². The molecule has 0 saturated heterocycles. The SMILES string of the molecule is CCOCC(C)(N)c1ccc(Cl)c(OC)c1. The Morgan fingerprint density at radius 2 is 2.12 bits per heavy atom. The molecular weight excluding hydrogens is 226 g/mol. The van der Waals surface area contributed by atoms with Gasteiger partial charge in [-0.2, -0.15) is 0 Å². The summed E-state index contributed by atoms with van der Waals surface area (Å²) < 4.78 is 10.5. The van der Waals surface area contributed by atoms with Crippen LogP contribution in [0.1, 0.15) is 19.4 Å². The van der Waals surface area contributed by atoms with E-state index in [1.54, 1.807) is 13.2 Å². The van der Waals surface area contributed by atoms with E-state index < -0.39 is 5.54 Å². The van der Waals surface area contributed by atoms with Crippen molar-refractivity contribution in [3.05, 3.63) is 28.8 Å². The zero-order valence-corrected chi connectivity index (χ0v) is 10.7. The Morgan fingerprint density at radius 1 is 1.44 bits per heavy atom. The first kappa shape index (κ1) is 13.3. The van der Waals surface area contributed by atoms with Crippen LogP contribution in [0.2, 0.25) is 5.02 Å². The number of hydrogen-bond donors (Lipinski definition) is 1. The first-order valence-electron chi connectivity index (χ1n) is 5.22. The standard InChI is InChI=1S/C12H18ClNO2/c1-4-16-8-12(2,14)9-5-6-10(13)11(7-9)15-3/h5-7H,4,8,14H2,1-3H3. The molecule has 0 bridgehead atoms. The Labute approximate surface area is 101 Å². The van der Waals surface area contributed by atoms with E-state index in [-0.39, 0.29) is 0 Å². The van der Waals surface area contributed by atoms with E-state index in [2.05, 4.69) is 0 Å². The Balaban J connectivity index is 2.94. The molecule has 0 aromatic heterocycles. The summed E-state index contributed by atoms with van der Waals surface area (Å²) in [6, 6.07) is 5.53. The van der Waals surface area contributed by atoms with Crippen LogP contribution in [0.25, 0.3) is 0 Å². The molecule has 1 aromatic rings. The largest absolute Gasteiger partial charge is 0.495 e. The van der Waals surface area contributed by atoms with Crippen LogP contribution >= 0.6 is 11.6 Å². The average molecular weight is 244 g/mol. The lowest BCUT2D eigenvalue weighted by Gasteiger charge is -2.25. The molecule has 1 rings (SSSR count). The Bertz CT molecular complexity index is 353. The zero-order valence-electron chi connectivity index (χ0n) is 9.92. The summed E-state index contributed by atoms with van der Waals surface area (Å²) >= 11 is 5.95. The zero-order chi connectivity index (χ0) is 12.2. The van der Waals surface area contributed by atoms with E-state index in [1.807, 2.05) is 26.0 Å². The molecule has 1 atom stereocenters. The molecule has 0 fully saturated rings. The lowest BCUT2D eigenvalue weighted by molar-refractivity contribution is 0.101. The van der Waals surface area contributed by atoms with Gasteiger partial charge in [-0.05, 0) is 31.5 Å². The van der Waals surface area contributed by atoms with Crippen molar-refractivity contribution >= 4 is 11.6 Å². The van der Waals surface area contributed by atoms with Gasteiger partial charge in [0.1, 0.15) is 5.75 Å². The highest BCUT2D eigenvalue weighted by atomic mass is 35.5. The fraction of sp³-hybridized carbons (Fsp3) is 0.500. The normalized spacial score (nSPS) is 14.6. The molecule has 4 heteroatoms. The molecular formula is C12H18ClNO2. The summed E-state index contributed by atoms with van der Waals surface area (Å²) in [5.74, 6) is 0.632. The summed E-state index contributed by atoms with van der Waals surface area (Å²) in [6.07, 6.45) is 0. The minimum absolute atomic E-state index is 0.467. The van der Waals surface area contributed by atoms with Crippen LogP contribution in [0, 0.1) is 0 Å². The Kier molecular flexibility index (Phi) is 4.59. The molecule has 0 spiro atoms. The predicted molar refractivity (Wildman–Crippen MR) is 66.0 cm³/mol. The van der Waals surface area contributed by atoms with Gasteiger partial charge in [-0.3, -0.25) is 0 Å². The average Bonchev–Trinajstić information content (AvgIpc) is 2.27. The minimum atomic E-state index is -0.534. The van der Waals surface area contributed by atoms with Gasteiger partial charge in [0.2, 0.25) is 0 Å². The van der Waals surface area contributed by atoms with Gasteiger partial charge in [0.25, 0.3) is 0 Å². The van der Waals surface area contributed by atoms with Crippen molar-refractivity contribution in [3.8, 4) is 5.75 Å². The summed E-state index contributed by atoms with van der Waals surface area (Å²) in [4.78, 5) is 0. The second kappa shape index (κ2) is 5.53. The summed E-state index contributed by atoms with van der Waals surface area (Å²) in [5.41, 5.74) is 6.59. The maximum atomic E-state index is 6.17. The predicted octanol–water partition coefficient (Wildman–Crippen LogP) is 2.56. The van der Waals surface area contributed by atoms with Gasteiger partial charge in [0.05, 0.1) is 24.3 Å². The van der Waals surface area contributed by atoms with Crippen LogP contribution < -0.4 is 10.5 Å². The van der Waals surface area contributed by atoms with Crippen molar-refractivity contribution in [1.29, 1.82) is 0 Å². The van der Waals surface area contributed by atoms with Crippen LogP contribution in [-0.2, 0) is 10.3 Å². The third kappa shape index (κ3) is 3.11. The number of halogens is 1. The molecule has 2 N–H and O–H groups in total. The van der Waals surface area contributed by atoms with E-state index in [0.29, 0.717) is 24.0 Å². The third-order valence-electron chi connectivity index (χ3n) is 2.42. The number of ether oxygens (including phenoxy) is 2. The van der Waals surface area contributed by atoms with Crippen LogP contribution in [0.15, 0.2) is 18.2 Å².